The summed E-state index contributed by atoms with van der Waals surface area (Å²) in [5.74, 6) is 0.340. The number of imidazole rings is 1. The van der Waals surface area contributed by atoms with E-state index in [9.17, 15) is 4.79 Å². The topological polar surface area (TPSA) is 58.1 Å². The molecule has 2 heterocycles. The zero-order valence-corrected chi connectivity index (χ0v) is 5.61. The van der Waals surface area contributed by atoms with Crippen LogP contribution < -0.4 is 0 Å². The third kappa shape index (κ3) is 0.881. The number of aromatic nitrogens is 2. The minimum Gasteiger partial charge on any atom is -0.344 e. The van der Waals surface area contributed by atoms with E-state index in [0.29, 0.717) is 11.4 Å². The SMILES string of the molecule is O=C1N=CC=C1c1ncc[nH]1. The van der Waals surface area contributed by atoms with E-state index in [4.69, 9.17) is 0 Å². The second-order valence-electron chi connectivity index (χ2n) is 2.10. The number of carbonyl (C=O) groups excluding carboxylic acids is 1. The van der Waals surface area contributed by atoms with Crippen molar-refractivity contribution in [3.8, 4) is 0 Å². The van der Waals surface area contributed by atoms with Gasteiger partial charge in [-0.1, -0.05) is 0 Å². The maximum absolute atomic E-state index is 10.9. The van der Waals surface area contributed by atoms with Gasteiger partial charge in [0.15, 0.2) is 0 Å². The van der Waals surface area contributed by atoms with Crippen molar-refractivity contribution < 1.29 is 4.79 Å². The van der Waals surface area contributed by atoms with E-state index in [1.165, 1.54) is 6.21 Å². The van der Waals surface area contributed by atoms with Gasteiger partial charge in [0, 0.05) is 18.6 Å². The molecule has 1 aromatic rings. The highest BCUT2D eigenvalue weighted by Gasteiger charge is 2.15. The summed E-state index contributed by atoms with van der Waals surface area (Å²) in [6.07, 6.45) is 6.38. The number of carbonyl (C=O) groups is 1. The highest BCUT2D eigenvalue weighted by Crippen LogP contribution is 2.13. The summed E-state index contributed by atoms with van der Waals surface area (Å²) < 4.78 is 0. The lowest BCUT2D eigenvalue weighted by atomic mass is 10.2. The molecule has 1 aromatic heterocycles. The fourth-order valence-electron chi connectivity index (χ4n) is 0.913. The average molecular weight is 147 g/mol. The number of hydrogen-bond donors (Lipinski definition) is 1. The summed E-state index contributed by atoms with van der Waals surface area (Å²) in [5, 5.41) is 0. The Morgan fingerprint density at radius 1 is 1.45 bits per heavy atom. The lowest BCUT2D eigenvalue weighted by molar-refractivity contribution is -0.112. The van der Waals surface area contributed by atoms with Crippen molar-refractivity contribution in [2.24, 2.45) is 4.99 Å². The van der Waals surface area contributed by atoms with E-state index < -0.39 is 0 Å². The zero-order valence-electron chi connectivity index (χ0n) is 5.61. The van der Waals surface area contributed by atoms with Gasteiger partial charge in [0.1, 0.15) is 5.82 Å². The molecule has 0 aliphatic carbocycles. The quantitative estimate of drug-likeness (QED) is 0.625. The molecular weight excluding hydrogens is 142 g/mol. The largest absolute Gasteiger partial charge is 0.344 e. The third-order valence-corrected chi connectivity index (χ3v) is 1.42. The first-order chi connectivity index (χ1) is 5.38. The molecule has 1 N–H and O–H groups in total. The summed E-state index contributed by atoms with van der Waals surface area (Å²) in [5.41, 5.74) is 0.523. The molecule has 4 heteroatoms. The second-order valence-corrected chi connectivity index (χ2v) is 2.10. The van der Waals surface area contributed by atoms with Crippen LogP contribution in [-0.2, 0) is 4.79 Å². The molecule has 0 bridgehead atoms. The highest BCUT2D eigenvalue weighted by molar-refractivity contribution is 6.27. The second kappa shape index (κ2) is 2.16. The first-order valence-corrected chi connectivity index (χ1v) is 3.16. The van der Waals surface area contributed by atoms with E-state index in [0.717, 1.165) is 0 Å². The molecule has 0 atom stereocenters. The van der Waals surface area contributed by atoms with Crippen LogP contribution in [0.4, 0.5) is 0 Å². The average Bonchev–Trinajstić information content (AvgIpc) is 2.55. The fraction of sp³-hybridized carbons (Fsp3) is 0. The van der Waals surface area contributed by atoms with Crippen LogP contribution in [0.1, 0.15) is 5.82 Å². The van der Waals surface area contributed by atoms with Gasteiger partial charge in [-0.25, -0.2) is 9.98 Å². The fourth-order valence-corrected chi connectivity index (χ4v) is 0.913. The summed E-state index contributed by atoms with van der Waals surface area (Å²) in [6.45, 7) is 0. The number of nitrogens with zero attached hydrogens (tertiary/aromatic N) is 2. The van der Waals surface area contributed by atoms with E-state index in [1.807, 2.05) is 0 Å². The maximum atomic E-state index is 10.9. The van der Waals surface area contributed by atoms with Gasteiger partial charge in [-0.15, -0.1) is 0 Å². The smallest absolute Gasteiger partial charge is 0.280 e. The van der Waals surface area contributed by atoms with E-state index in [2.05, 4.69) is 15.0 Å². The standard InChI is InChI=1S/C7H5N3O/c11-7-5(1-2-10-7)6-8-3-4-9-6/h1-4H,(H,8,9). The molecule has 0 radical (unpaired) electrons. The van der Waals surface area contributed by atoms with Crippen molar-refractivity contribution in [2.75, 3.05) is 0 Å². The Morgan fingerprint density at radius 2 is 2.36 bits per heavy atom. The van der Waals surface area contributed by atoms with Crippen molar-refractivity contribution in [1.82, 2.24) is 9.97 Å². The van der Waals surface area contributed by atoms with Crippen molar-refractivity contribution in [3.05, 3.63) is 24.3 Å². The molecule has 0 spiro atoms. The van der Waals surface area contributed by atoms with Crippen LogP contribution in [0.2, 0.25) is 0 Å². The van der Waals surface area contributed by atoms with E-state index >= 15 is 0 Å². The minimum atomic E-state index is -0.236. The van der Waals surface area contributed by atoms with Gasteiger partial charge < -0.3 is 4.98 Å². The first-order valence-electron chi connectivity index (χ1n) is 3.16. The van der Waals surface area contributed by atoms with Gasteiger partial charge in [-0.05, 0) is 6.08 Å². The lowest BCUT2D eigenvalue weighted by Crippen LogP contribution is -1.95. The molecule has 1 amide bonds. The lowest BCUT2D eigenvalue weighted by Gasteiger charge is -1.90. The first kappa shape index (κ1) is 6.03. The van der Waals surface area contributed by atoms with Crippen LogP contribution in [-0.4, -0.2) is 22.1 Å². The monoisotopic (exact) mass is 147 g/mol. The Morgan fingerprint density at radius 3 is 2.91 bits per heavy atom. The molecule has 11 heavy (non-hydrogen) atoms. The highest BCUT2D eigenvalue weighted by atomic mass is 16.1. The maximum Gasteiger partial charge on any atom is 0.280 e. The van der Waals surface area contributed by atoms with E-state index in [-0.39, 0.29) is 5.91 Å². The third-order valence-electron chi connectivity index (χ3n) is 1.42. The predicted molar refractivity (Wildman–Crippen MR) is 40.1 cm³/mol. The van der Waals surface area contributed by atoms with Gasteiger partial charge in [0.25, 0.3) is 5.91 Å². The summed E-state index contributed by atoms with van der Waals surface area (Å²) in [7, 11) is 0. The van der Waals surface area contributed by atoms with Crippen molar-refractivity contribution in [2.45, 2.75) is 0 Å². The van der Waals surface area contributed by atoms with Crippen LogP contribution in [0, 0.1) is 0 Å². The summed E-state index contributed by atoms with van der Waals surface area (Å²) in [6, 6.07) is 0. The van der Waals surface area contributed by atoms with Gasteiger partial charge >= 0.3 is 0 Å². The van der Waals surface area contributed by atoms with Crippen LogP contribution in [0.25, 0.3) is 5.57 Å². The van der Waals surface area contributed by atoms with Crippen molar-refractivity contribution >= 4 is 17.7 Å². The number of rotatable bonds is 1. The van der Waals surface area contributed by atoms with Crippen LogP contribution in [0.3, 0.4) is 0 Å². The van der Waals surface area contributed by atoms with Crippen LogP contribution in [0.5, 0.6) is 0 Å². The molecule has 4 nitrogen and oxygen atoms in total. The number of nitrogens with one attached hydrogen (secondary N) is 1. The molecule has 0 aromatic carbocycles. The molecule has 1 aliphatic rings. The van der Waals surface area contributed by atoms with Crippen LogP contribution in [0.15, 0.2) is 23.5 Å². The number of aliphatic imine (C=N–C) groups is 1. The van der Waals surface area contributed by atoms with E-state index in [1.54, 1.807) is 18.5 Å². The number of amides is 1. The molecule has 0 fully saturated rings. The predicted octanol–water partition coefficient (Wildman–Crippen LogP) is 0.404. The zero-order chi connectivity index (χ0) is 7.68. The summed E-state index contributed by atoms with van der Waals surface area (Å²) in [4.78, 5) is 21.3. The molecular formula is C7H5N3O. The minimum absolute atomic E-state index is 0.236. The molecule has 1 aliphatic heterocycles. The van der Waals surface area contributed by atoms with Crippen molar-refractivity contribution in [3.63, 3.8) is 0 Å². The van der Waals surface area contributed by atoms with Crippen LogP contribution >= 0.6 is 0 Å². The molecule has 54 valence electrons. The Balaban J connectivity index is 2.40. The molecule has 0 saturated carbocycles. The Hall–Kier alpha value is -1.71. The van der Waals surface area contributed by atoms with Gasteiger partial charge in [-0.2, -0.15) is 0 Å². The molecule has 2 rings (SSSR count). The number of aromatic amines is 1. The normalized spacial score (nSPS) is 15.6. The number of allylic oxidation sites excluding steroid dienone is 1. The van der Waals surface area contributed by atoms with Gasteiger partial charge in [-0.3, -0.25) is 4.79 Å². The van der Waals surface area contributed by atoms with Gasteiger partial charge in [0.05, 0.1) is 5.57 Å². The number of hydrogen-bond acceptors (Lipinski definition) is 2. The van der Waals surface area contributed by atoms with Gasteiger partial charge in [0.2, 0.25) is 0 Å². The Labute approximate surface area is 62.7 Å². The summed E-state index contributed by atoms with van der Waals surface area (Å²) >= 11 is 0. The van der Waals surface area contributed by atoms with Crippen molar-refractivity contribution in [1.29, 1.82) is 0 Å². The Bertz CT molecular complexity index is 335. The molecule has 0 saturated heterocycles. The molecule has 0 unspecified atom stereocenters. The number of H-pyrrole nitrogens is 1. The Kier molecular flexibility index (Phi) is 1.18.